The molecule has 2 amide bonds. The van der Waals surface area contributed by atoms with Crippen LogP contribution in [0.2, 0.25) is 5.02 Å². The molecule has 0 aromatic heterocycles. The van der Waals surface area contributed by atoms with Crippen molar-refractivity contribution in [1.82, 2.24) is 0 Å². The van der Waals surface area contributed by atoms with Gasteiger partial charge in [0.15, 0.2) is 6.61 Å². The summed E-state index contributed by atoms with van der Waals surface area (Å²) in [4.78, 5) is 23.1. The number of anilines is 2. The fraction of sp³-hybridized carbons (Fsp3) is 0.130. The number of nitrogens with one attached hydrogen (secondary N) is 2. The average Bonchev–Trinajstić information content (AvgIpc) is 2.76. The molecule has 0 aliphatic rings. The minimum atomic E-state index is -3.82. The first-order valence-electron chi connectivity index (χ1n) is 9.81. The summed E-state index contributed by atoms with van der Waals surface area (Å²) >= 11 is 6.04. The van der Waals surface area contributed by atoms with Crippen LogP contribution in [0.25, 0.3) is 0 Å². The lowest BCUT2D eigenvalue weighted by atomic mass is 10.1. The largest absolute Gasteiger partial charge is 0.484 e. The van der Waals surface area contributed by atoms with Crippen molar-refractivity contribution in [3.63, 3.8) is 0 Å². The number of carbonyl (C=O) groups is 2. The van der Waals surface area contributed by atoms with Crippen LogP contribution >= 0.6 is 11.6 Å². The number of amides is 2. The van der Waals surface area contributed by atoms with E-state index in [1.165, 1.54) is 30.3 Å². The van der Waals surface area contributed by atoms with Gasteiger partial charge in [0, 0.05) is 10.7 Å². The first-order valence-corrected chi connectivity index (χ1v) is 11.7. The second-order valence-corrected chi connectivity index (χ2v) is 9.31. The molecule has 0 heterocycles. The van der Waals surface area contributed by atoms with Gasteiger partial charge in [-0.2, -0.15) is 0 Å². The minimum absolute atomic E-state index is 0.0343. The summed E-state index contributed by atoms with van der Waals surface area (Å²) in [5.74, 6) is -0.499. The molecule has 0 atom stereocenters. The Labute approximate surface area is 196 Å². The van der Waals surface area contributed by atoms with E-state index in [2.05, 4.69) is 10.0 Å². The normalized spacial score (nSPS) is 11.0. The third-order valence-electron chi connectivity index (χ3n) is 4.54. The minimum Gasteiger partial charge on any atom is -0.484 e. The van der Waals surface area contributed by atoms with Gasteiger partial charge < -0.3 is 15.8 Å². The van der Waals surface area contributed by atoms with Crippen molar-refractivity contribution in [3.8, 4) is 5.75 Å². The Morgan fingerprint density at radius 1 is 0.970 bits per heavy atom. The number of hydrogen-bond acceptors (Lipinski definition) is 5. The molecule has 0 bridgehead atoms. The zero-order valence-electron chi connectivity index (χ0n) is 17.7. The van der Waals surface area contributed by atoms with Crippen LogP contribution in [0, 0.1) is 6.92 Å². The van der Waals surface area contributed by atoms with Crippen molar-refractivity contribution in [2.75, 3.05) is 16.6 Å². The number of ether oxygens (including phenoxy) is 1. The standard InChI is InChI=1S/C23H22ClN3O5S/c1-15-2-5-18(13-21(15)24)27-33(30,31)20-10-8-19(9-11-20)32-14-23(29)26-17-6-3-16(4-7-17)12-22(25)28/h2-11,13,27H,12,14H2,1H3,(H2,25,28)(H,26,29). The second kappa shape index (κ2) is 10.4. The number of nitrogens with two attached hydrogens (primary N) is 1. The maximum Gasteiger partial charge on any atom is 0.262 e. The number of hydrogen-bond donors (Lipinski definition) is 3. The van der Waals surface area contributed by atoms with Crippen LogP contribution in [-0.4, -0.2) is 26.8 Å². The molecule has 4 N–H and O–H groups in total. The molecule has 3 aromatic rings. The van der Waals surface area contributed by atoms with E-state index in [9.17, 15) is 18.0 Å². The molecular formula is C23H22ClN3O5S. The summed E-state index contributed by atoms with van der Waals surface area (Å²) in [6.45, 7) is 1.55. The Hall–Kier alpha value is -3.56. The number of benzene rings is 3. The predicted octanol–water partition coefficient (Wildman–Crippen LogP) is 3.49. The molecule has 0 fully saturated rings. The van der Waals surface area contributed by atoms with Crippen LogP contribution < -0.4 is 20.5 Å². The van der Waals surface area contributed by atoms with Crippen molar-refractivity contribution in [1.29, 1.82) is 0 Å². The number of primary amides is 1. The zero-order valence-corrected chi connectivity index (χ0v) is 19.2. The molecule has 0 unspecified atom stereocenters. The molecule has 10 heteroatoms. The molecule has 0 aliphatic carbocycles. The number of sulfonamides is 1. The van der Waals surface area contributed by atoms with Gasteiger partial charge in [-0.15, -0.1) is 0 Å². The summed E-state index contributed by atoms with van der Waals surface area (Å²) in [5, 5.41) is 3.12. The Balaban J connectivity index is 1.54. The summed E-state index contributed by atoms with van der Waals surface area (Å²) in [5.41, 5.74) is 7.62. The maximum atomic E-state index is 12.6. The molecule has 0 aliphatic heterocycles. The van der Waals surface area contributed by atoms with E-state index in [-0.39, 0.29) is 17.9 Å². The Kier molecular flexibility index (Phi) is 7.57. The highest BCUT2D eigenvalue weighted by Crippen LogP contribution is 2.23. The number of aryl methyl sites for hydroxylation is 1. The van der Waals surface area contributed by atoms with E-state index in [1.54, 1.807) is 36.4 Å². The third-order valence-corrected chi connectivity index (χ3v) is 6.35. The van der Waals surface area contributed by atoms with Gasteiger partial charge in [-0.05, 0) is 66.6 Å². The van der Waals surface area contributed by atoms with Gasteiger partial charge in [0.05, 0.1) is 17.0 Å². The van der Waals surface area contributed by atoms with Crippen LogP contribution in [0.5, 0.6) is 5.75 Å². The first-order chi connectivity index (χ1) is 15.6. The number of rotatable bonds is 9. The Morgan fingerprint density at radius 3 is 2.21 bits per heavy atom. The molecule has 3 aromatic carbocycles. The SMILES string of the molecule is Cc1ccc(NS(=O)(=O)c2ccc(OCC(=O)Nc3ccc(CC(N)=O)cc3)cc2)cc1Cl. The van der Waals surface area contributed by atoms with Crippen molar-refractivity contribution in [2.45, 2.75) is 18.2 Å². The van der Waals surface area contributed by atoms with E-state index >= 15 is 0 Å². The molecule has 0 saturated heterocycles. The van der Waals surface area contributed by atoms with Crippen LogP contribution in [-0.2, 0) is 26.0 Å². The highest BCUT2D eigenvalue weighted by molar-refractivity contribution is 7.92. The summed E-state index contributed by atoms with van der Waals surface area (Å²) in [6.07, 6.45) is 0.122. The van der Waals surface area contributed by atoms with Gasteiger partial charge in [-0.3, -0.25) is 14.3 Å². The van der Waals surface area contributed by atoms with Gasteiger partial charge in [-0.25, -0.2) is 8.42 Å². The second-order valence-electron chi connectivity index (χ2n) is 7.22. The molecule has 0 spiro atoms. The Bertz CT molecular complexity index is 1260. The van der Waals surface area contributed by atoms with Crippen LogP contribution in [0.15, 0.2) is 71.6 Å². The monoisotopic (exact) mass is 487 g/mol. The molecular weight excluding hydrogens is 466 g/mol. The Morgan fingerprint density at radius 2 is 1.61 bits per heavy atom. The smallest absolute Gasteiger partial charge is 0.262 e. The molecule has 172 valence electrons. The van der Waals surface area contributed by atoms with Crippen LogP contribution in [0.3, 0.4) is 0 Å². The topological polar surface area (TPSA) is 128 Å². The average molecular weight is 488 g/mol. The fourth-order valence-corrected chi connectivity index (χ4v) is 4.07. The van der Waals surface area contributed by atoms with E-state index in [0.717, 1.165) is 11.1 Å². The van der Waals surface area contributed by atoms with E-state index < -0.39 is 21.8 Å². The third kappa shape index (κ3) is 6.96. The molecule has 33 heavy (non-hydrogen) atoms. The molecule has 3 rings (SSSR count). The fourth-order valence-electron chi connectivity index (χ4n) is 2.84. The van der Waals surface area contributed by atoms with Crippen molar-refractivity contribution < 1.29 is 22.7 Å². The lowest BCUT2D eigenvalue weighted by molar-refractivity contribution is -0.118. The lowest BCUT2D eigenvalue weighted by Gasteiger charge is -2.11. The highest BCUT2D eigenvalue weighted by atomic mass is 35.5. The summed E-state index contributed by atoms with van der Waals surface area (Å²) < 4.78 is 33.0. The first kappa shape index (κ1) is 24.1. The van der Waals surface area contributed by atoms with Gasteiger partial charge in [0.25, 0.3) is 15.9 Å². The van der Waals surface area contributed by atoms with Crippen molar-refractivity contribution >= 4 is 44.8 Å². The summed E-state index contributed by atoms with van der Waals surface area (Å²) in [6, 6.07) is 17.3. The molecule has 8 nitrogen and oxygen atoms in total. The van der Waals surface area contributed by atoms with E-state index in [1.807, 2.05) is 6.92 Å². The van der Waals surface area contributed by atoms with E-state index in [4.69, 9.17) is 22.1 Å². The van der Waals surface area contributed by atoms with E-state index in [0.29, 0.717) is 22.1 Å². The summed E-state index contributed by atoms with van der Waals surface area (Å²) in [7, 11) is -3.82. The van der Waals surface area contributed by atoms with Crippen LogP contribution in [0.4, 0.5) is 11.4 Å². The predicted molar refractivity (Wildman–Crippen MR) is 127 cm³/mol. The van der Waals surface area contributed by atoms with Gasteiger partial charge in [-0.1, -0.05) is 29.8 Å². The quantitative estimate of drug-likeness (QED) is 0.425. The van der Waals surface area contributed by atoms with Gasteiger partial charge in [0.1, 0.15) is 5.75 Å². The number of halogens is 1. The van der Waals surface area contributed by atoms with Gasteiger partial charge >= 0.3 is 0 Å². The highest BCUT2D eigenvalue weighted by Gasteiger charge is 2.15. The van der Waals surface area contributed by atoms with Crippen molar-refractivity contribution in [2.24, 2.45) is 5.73 Å². The zero-order chi connectivity index (χ0) is 24.0. The maximum absolute atomic E-state index is 12.6. The van der Waals surface area contributed by atoms with Crippen LogP contribution in [0.1, 0.15) is 11.1 Å². The van der Waals surface area contributed by atoms with Gasteiger partial charge in [0.2, 0.25) is 5.91 Å². The lowest BCUT2D eigenvalue weighted by Crippen LogP contribution is -2.20. The molecule has 0 saturated carbocycles. The number of carbonyl (C=O) groups excluding carboxylic acids is 2. The molecule has 0 radical (unpaired) electrons. The van der Waals surface area contributed by atoms with Crippen molar-refractivity contribution in [3.05, 3.63) is 82.9 Å².